The second kappa shape index (κ2) is 10.5. The Balaban J connectivity index is 1.59. The van der Waals surface area contributed by atoms with Gasteiger partial charge in [0, 0.05) is 63.5 Å². The van der Waals surface area contributed by atoms with Crippen molar-refractivity contribution in [2.24, 2.45) is 0 Å². The van der Waals surface area contributed by atoms with Crippen LogP contribution >= 0.6 is 0 Å². The van der Waals surface area contributed by atoms with Gasteiger partial charge in [-0.2, -0.15) is 4.31 Å². The number of hydrogen-bond acceptors (Lipinski definition) is 7. The molecule has 1 saturated heterocycles. The van der Waals surface area contributed by atoms with Crippen LogP contribution in [0.25, 0.3) is 0 Å². The van der Waals surface area contributed by atoms with E-state index < -0.39 is 10.0 Å². The number of sulfonamides is 1. The number of anilines is 2. The molecular formula is C23H32N6O4S. The second-order valence-electron chi connectivity index (χ2n) is 8.71. The van der Waals surface area contributed by atoms with Gasteiger partial charge in [0.1, 0.15) is 11.6 Å². The van der Waals surface area contributed by atoms with Crippen molar-refractivity contribution in [3.8, 4) is 0 Å². The summed E-state index contributed by atoms with van der Waals surface area (Å²) in [6.45, 7) is 9.37. The van der Waals surface area contributed by atoms with Crippen molar-refractivity contribution >= 4 is 33.3 Å². The van der Waals surface area contributed by atoms with Crippen LogP contribution in [-0.4, -0.2) is 79.2 Å². The molecular weight excluding hydrogens is 456 g/mol. The van der Waals surface area contributed by atoms with E-state index in [0.717, 1.165) is 21.6 Å². The minimum atomic E-state index is -3.84. The molecule has 0 atom stereocenters. The summed E-state index contributed by atoms with van der Waals surface area (Å²) >= 11 is 0. The Bertz CT molecular complexity index is 1140. The van der Waals surface area contributed by atoms with E-state index in [1.807, 2.05) is 13.0 Å². The zero-order valence-corrected chi connectivity index (χ0v) is 21.1. The highest BCUT2D eigenvalue weighted by Gasteiger charge is 2.28. The number of amides is 2. The second-order valence-corrected chi connectivity index (χ2v) is 10.8. The topological polar surface area (TPSA) is 116 Å². The summed E-state index contributed by atoms with van der Waals surface area (Å²) in [5.41, 5.74) is 1.41. The van der Waals surface area contributed by atoms with Gasteiger partial charge in [-0.25, -0.2) is 18.4 Å². The molecule has 1 aliphatic heterocycles. The first-order valence-corrected chi connectivity index (χ1v) is 12.6. The lowest BCUT2D eigenvalue weighted by atomic mass is 10.2. The van der Waals surface area contributed by atoms with E-state index in [0.29, 0.717) is 31.9 Å². The molecule has 2 aromatic rings. The first-order valence-electron chi connectivity index (χ1n) is 11.2. The third kappa shape index (κ3) is 6.09. The van der Waals surface area contributed by atoms with Crippen LogP contribution in [0.2, 0.25) is 0 Å². The standard InChI is InChI=1S/C23H32N6O4S/c1-16(2)23-24-17(3)14-21(26-23)28-10-12-29(13-11-28)22(31)15-27(5)34(32,33)20-8-6-19(7-9-20)25-18(4)30/h6-9,14,16H,10-13,15H2,1-5H3,(H,25,30). The molecule has 1 N–H and O–H groups in total. The lowest BCUT2D eigenvalue weighted by Gasteiger charge is -2.36. The van der Waals surface area contributed by atoms with Crippen LogP contribution in [0, 0.1) is 6.92 Å². The number of rotatable bonds is 7. The van der Waals surface area contributed by atoms with Gasteiger partial charge >= 0.3 is 0 Å². The Kier molecular flexibility index (Phi) is 7.88. The Morgan fingerprint density at radius 2 is 1.71 bits per heavy atom. The maximum Gasteiger partial charge on any atom is 0.243 e. The molecule has 0 spiro atoms. The molecule has 0 unspecified atom stereocenters. The van der Waals surface area contributed by atoms with E-state index >= 15 is 0 Å². The molecule has 0 radical (unpaired) electrons. The maximum atomic E-state index is 12.9. The Hall–Kier alpha value is -3.05. The molecule has 3 rings (SSSR count). The van der Waals surface area contributed by atoms with Gasteiger partial charge in [0.25, 0.3) is 0 Å². The smallest absolute Gasteiger partial charge is 0.243 e. The summed E-state index contributed by atoms with van der Waals surface area (Å²) in [7, 11) is -2.45. The molecule has 184 valence electrons. The van der Waals surface area contributed by atoms with Crippen molar-refractivity contribution < 1.29 is 18.0 Å². The molecule has 2 heterocycles. The molecule has 2 amide bonds. The minimum absolute atomic E-state index is 0.0572. The third-order valence-corrected chi connectivity index (χ3v) is 7.39. The summed E-state index contributed by atoms with van der Waals surface area (Å²) in [4.78, 5) is 37.0. The number of piperazine rings is 1. The number of likely N-dealkylation sites (N-methyl/N-ethyl adjacent to an activating group) is 1. The number of carbonyl (C=O) groups is 2. The fourth-order valence-electron chi connectivity index (χ4n) is 3.65. The van der Waals surface area contributed by atoms with E-state index in [1.165, 1.54) is 38.2 Å². The highest BCUT2D eigenvalue weighted by Crippen LogP contribution is 2.20. The highest BCUT2D eigenvalue weighted by molar-refractivity contribution is 7.89. The number of aryl methyl sites for hydroxylation is 1. The molecule has 0 bridgehead atoms. The van der Waals surface area contributed by atoms with Gasteiger partial charge in [-0.1, -0.05) is 13.8 Å². The lowest BCUT2D eigenvalue weighted by molar-refractivity contribution is -0.131. The molecule has 1 fully saturated rings. The highest BCUT2D eigenvalue weighted by atomic mass is 32.2. The van der Waals surface area contributed by atoms with Crippen molar-refractivity contribution in [2.75, 3.05) is 50.0 Å². The molecule has 1 aromatic heterocycles. The van der Waals surface area contributed by atoms with Gasteiger partial charge in [0.2, 0.25) is 21.8 Å². The molecule has 0 saturated carbocycles. The van der Waals surface area contributed by atoms with Gasteiger partial charge in [-0.3, -0.25) is 9.59 Å². The average molecular weight is 489 g/mol. The number of nitrogens with zero attached hydrogens (tertiary/aromatic N) is 5. The summed E-state index contributed by atoms with van der Waals surface area (Å²) in [5.74, 6) is 1.38. The summed E-state index contributed by atoms with van der Waals surface area (Å²) in [5, 5.41) is 2.59. The van der Waals surface area contributed by atoms with Crippen LogP contribution in [0.1, 0.15) is 38.2 Å². The monoisotopic (exact) mass is 488 g/mol. The lowest BCUT2D eigenvalue weighted by Crippen LogP contribution is -2.51. The van der Waals surface area contributed by atoms with Gasteiger partial charge < -0.3 is 15.1 Å². The number of nitrogens with one attached hydrogen (secondary N) is 1. The van der Waals surface area contributed by atoms with E-state index in [-0.39, 0.29) is 29.2 Å². The number of hydrogen-bond donors (Lipinski definition) is 1. The summed E-state index contributed by atoms with van der Waals surface area (Å²) in [6, 6.07) is 7.80. The number of aromatic nitrogens is 2. The maximum absolute atomic E-state index is 12.9. The molecule has 0 aliphatic carbocycles. The summed E-state index contributed by atoms with van der Waals surface area (Å²) < 4.78 is 26.8. The summed E-state index contributed by atoms with van der Waals surface area (Å²) in [6.07, 6.45) is 0. The van der Waals surface area contributed by atoms with Gasteiger partial charge in [0.15, 0.2) is 0 Å². The fraction of sp³-hybridized carbons (Fsp3) is 0.478. The Morgan fingerprint density at radius 1 is 1.09 bits per heavy atom. The predicted molar refractivity (Wildman–Crippen MR) is 130 cm³/mol. The Morgan fingerprint density at radius 3 is 2.26 bits per heavy atom. The average Bonchev–Trinajstić information content (AvgIpc) is 2.78. The van der Waals surface area contributed by atoms with E-state index in [9.17, 15) is 18.0 Å². The van der Waals surface area contributed by atoms with Crippen molar-refractivity contribution in [3.05, 3.63) is 41.9 Å². The van der Waals surface area contributed by atoms with Crippen molar-refractivity contribution in [1.82, 2.24) is 19.2 Å². The first kappa shape index (κ1) is 25.6. The third-order valence-electron chi connectivity index (χ3n) is 5.57. The fourth-order valence-corrected chi connectivity index (χ4v) is 4.77. The molecule has 10 nitrogen and oxygen atoms in total. The van der Waals surface area contributed by atoms with E-state index in [2.05, 4.69) is 34.0 Å². The van der Waals surface area contributed by atoms with Gasteiger partial charge in [-0.05, 0) is 31.2 Å². The first-order chi connectivity index (χ1) is 16.0. The van der Waals surface area contributed by atoms with Crippen molar-refractivity contribution in [1.29, 1.82) is 0 Å². The molecule has 1 aromatic carbocycles. The van der Waals surface area contributed by atoms with Crippen LogP contribution < -0.4 is 10.2 Å². The van der Waals surface area contributed by atoms with E-state index in [1.54, 1.807) is 4.90 Å². The van der Waals surface area contributed by atoms with Crippen LogP contribution in [0.3, 0.4) is 0 Å². The zero-order valence-electron chi connectivity index (χ0n) is 20.3. The van der Waals surface area contributed by atoms with Gasteiger partial charge in [-0.15, -0.1) is 0 Å². The molecule has 1 aliphatic rings. The van der Waals surface area contributed by atoms with Crippen LogP contribution in [-0.2, 0) is 19.6 Å². The molecule has 34 heavy (non-hydrogen) atoms. The normalized spacial score (nSPS) is 14.6. The number of benzene rings is 1. The van der Waals surface area contributed by atoms with Crippen LogP contribution in [0.15, 0.2) is 35.2 Å². The largest absolute Gasteiger partial charge is 0.353 e. The number of carbonyl (C=O) groups excluding carboxylic acids is 2. The van der Waals surface area contributed by atoms with Crippen LogP contribution in [0.5, 0.6) is 0 Å². The van der Waals surface area contributed by atoms with Crippen molar-refractivity contribution in [3.63, 3.8) is 0 Å². The molecule has 11 heteroatoms. The van der Waals surface area contributed by atoms with Crippen molar-refractivity contribution in [2.45, 2.75) is 38.5 Å². The minimum Gasteiger partial charge on any atom is -0.353 e. The van der Waals surface area contributed by atoms with Crippen LogP contribution in [0.4, 0.5) is 11.5 Å². The zero-order chi connectivity index (χ0) is 25.0. The Labute approximate surface area is 201 Å². The van der Waals surface area contributed by atoms with E-state index in [4.69, 9.17) is 0 Å². The predicted octanol–water partition coefficient (Wildman–Crippen LogP) is 1.84. The van der Waals surface area contributed by atoms with Gasteiger partial charge in [0.05, 0.1) is 11.4 Å². The SMILES string of the molecule is CC(=O)Nc1ccc(S(=O)(=O)N(C)CC(=O)N2CCN(c3cc(C)nc(C(C)C)n3)CC2)cc1. The quantitative estimate of drug-likeness (QED) is 0.632.